The van der Waals surface area contributed by atoms with Crippen molar-refractivity contribution in [3.8, 4) is 0 Å². The maximum Gasteiger partial charge on any atom is 0.295 e. The molecule has 8 nitrogen and oxygen atoms in total. The first-order chi connectivity index (χ1) is 13.8. The maximum atomic E-state index is 12.6. The van der Waals surface area contributed by atoms with Gasteiger partial charge in [0.05, 0.1) is 9.82 Å². The van der Waals surface area contributed by atoms with Crippen LogP contribution in [0.15, 0.2) is 52.5 Å². The number of sulfonamides is 1. The quantitative estimate of drug-likeness (QED) is 0.487. The van der Waals surface area contributed by atoms with Crippen molar-refractivity contribution in [2.75, 3.05) is 10.1 Å². The van der Waals surface area contributed by atoms with Crippen molar-refractivity contribution in [1.29, 1.82) is 0 Å². The molecule has 0 heterocycles. The Morgan fingerprint density at radius 1 is 1.17 bits per heavy atom. The number of rotatable bonds is 6. The van der Waals surface area contributed by atoms with Gasteiger partial charge in [0.25, 0.3) is 15.7 Å². The van der Waals surface area contributed by atoms with E-state index in [1.54, 1.807) is 12.1 Å². The number of hydrazone groups is 1. The molecular formula is C19H21ClN4O4S. The zero-order valence-corrected chi connectivity index (χ0v) is 17.3. The van der Waals surface area contributed by atoms with E-state index in [9.17, 15) is 18.5 Å². The third-order valence-corrected chi connectivity index (χ3v) is 6.41. The molecule has 10 heteroatoms. The molecule has 1 saturated carbocycles. The van der Waals surface area contributed by atoms with E-state index in [4.69, 9.17) is 11.6 Å². The van der Waals surface area contributed by atoms with Gasteiger partial charge in [-0.25, -0.2) is 8.42 Å². The van der Waals surface area contributed by atoms with E-state index in [1.807, 2.05) is 0 Å². The minimum absolute atomic E-state index is 0.144. The van der Waals surface area contributed by atoms with Crippen LogP contribution in [0.1, 0.15) is 32.6 Å². The second-order valence-corrected chi connectivity index (χ2v) is 9.03. The third-order valence-electron chi connectivity index (χ3n) is 4.78. The number of hydrogen-bond acceptors (Lipinski definition) is 6. The number of hydrogen-bond donors (Lipinski definition) is 2. The second-order valence-electron chi connectivity index (χ2n) is 6.91. The average Bonchev–Trinajstić information content (AvgIpc) is 2.69. The molecule has 29 heavy (non-hydrogen) atoms. The first kappa shape index (κ1) is 21.1. The highest BCUT2D eigenvalue weighted by molar-refractivity contribution is 7.92. The van der Waals surface area contributed by atoms with Gasteiger partial charge in [-0.3, -0.25) is 20.3 Å². The van der Waals surface area contributed by atoms with Crippen LogP contribution in [0.4, 0.5) is 17.1 Å². The largest absolute Gasteiger partial charge is 0.295 e. The van der Waals surface area contributed by atoms with E-state index in [2.05, 4.69) is 22.2 Å². The molecule has 1 aliphatic carbocycles. The fourth-order valence-corrected chi connectivity index (χ4v) is 4.33. The summed E-state index contributed by atoms with van der Waals surface area (Å²) in [5.74, 6) is 0.318. The van der Waals surface area contributed by atoms with E-state index < -0.39 is 14.9 Å². The number of anilines is 2. The molecule has 2 aromatic rings. The van der Waals surface area contributed by atoms with Gasteiger partial charge in [-0.15, -0.1) is 0 Å². The van der Waals surface area contributed by atoms with Gasteiger partial charge >= 0.3 is 0 Å². The highest BCUT2D eigenvalue weighted by Crippen LogP contribution is 2.29. The molecule has 2 aromatic carbocycles. The van der Waals surface area contributed by atoms with E-state index in [1.165, 1.54) is 24.3 Å². The van der Waals surface area contributed by atoms with Gasteiger partial charge in [-0.2, -0.15) is 5.10 Å². The van der Waals surface area contributed by atoms with Gasteiger partial charge in [-0.1, -0.05) is 24.9 Å². The van der Waals surface area contributed by atoms with Crippen molar-refractivity contribution in [2.24, 2.45) is 11.0 Å². The van der Waals surface area contributed by atoms with Gasteiger partial charge in [-0.05, 0) is 61.6 Å². The number of nitro benzene ring substituents is 1. The van der Waals surface area contributed by atoms with E-state index in [-0.39, 0.29) is 16.3 Å². The van der Waals surface area contributed by atoms with Crippen molar-refractivity contribution >= 4 is 44.4 Å². The van der Waals surface area contributed by atoms with Gasteiger partial charge < -0.3 is 0 Å². The summed E-state index contributed by atoms with van der Waals surface area (Å²) in [4.78, 5) is 10.6. The van der Waals surface area contributed by atoms with Gasteiger partial charge in [0.2, 0.25) is 0 Å². The van der Waals surface area contributed by atoms with Gasteiger partial charge in [0, 0.05) is 22.5 Å². The summed E-state index contributed by atoms with van der Waals surface area (Å²) in [7, 11) is -4.00. The molecular weight excluding hydrogens is 416 g/mol. The number of nitrogens with one attached hydrogen (secondary N) is 2. The summed E-state index contributed by atoms with van der Waals surface area (Å²) >= 11 is 5.80. The predicted octanol–water partition coefficient (Wildman–Crippen LogP) is 5.03. The topological polar surface area (TPSA) is 114 Å². The second kappa shape index (κ2) is 8.79. The molecule has 1 unspecified atom stereocenters. The van der Waals surface area contributed by atoms with Gasteiger partial charge in [0.15, 0.2) is 0 Å². The van der Waals surface area contributed by atoms with Crippen molar-refractivity contribution in [2.45, 2.75) is 37.5 Å². The molecule has 2 N–H and O–H groups in total. The lowest BCUT2D eigenvalue weighted by molar-refractivity contribution is -0.384. The van der Waals surface area contributed by atoms with E-state index in [0.29, 0.717) is 16.6 Å². The van der Waals surface area contributed by atoms with Crippen LogP contribution in [0.2, 0.25) is 5.02 Å². The van der Waals surface area contributed by atoms with Crippen LogP contribution in [0.25, 0.3) is 0 Å². The van der Waals surface area contributed by atoms with Crippen LogP contribution in [0.3, 0.4) is 0 Å². The Bertz CT molecular complexity index is 1040. The first-order valence-electron chi connectivity index (χ1n) is 9.15. The molecule has 0 amide bonds. The van der Waals surface area contributed by atoms with Crippen LogP contribution in [-0.2, 0) is 10.0 Å². The fourth-order valence-electron chi connectivity index (χ4n) is 3.12. The lowest BCUT2D eigenvalue weighted by Crippen LogP contribution is -2.17. The molecule has 0 spiro atoms. The molecule has 0 saturated heterocycles. The first-order valence-corrected chi connectivity index (χ1v) is 11.0. The zero-order chi connectivity index (χ0) is 21.0. The lowest BCUT2D eigenvalue weighted by Gasteiger charge is -2.20. The lowest BCUT2D eigenvalue weighted by atomic mass is 9.89. The monoisotopic (exact) mass is 436 g/mol. The summed E-state index contributed by atoms with van der Waals surface area (Å²) in [5, 5.41) is 16.3. The highest BCUT2D eigenvalue weighted by Gasteiger charge is 2.22. The minimum Gasteiger partial charge on any atom is -0.280 e. The summed E-state index contributed by atoms with van der Waals surface area (Å²) in [5.41, 5.74) is 3.79. The number of benzene rings is 2. The zero-order valence-electron chi connectivity index (χ0n) is 15.8. The molecule has 0 aliphatic heterocycles. The molecule has 1 fully saturated rings. The summed E-state index contributed by atoms with van der Waals surface area (Å²) < 4.78 is 27.6. The Morgan fingerprint density at radius 3 is 2.55 bits per heavy atom. The summed E-state index contributed by atoms with van der Waals surface area (Å²) in [6.45, 7) is 2.08. The van der Waals surface area contributed by atoms with Crippen LogP contribution < -0.4 is 10.1 Å². The Kier molecular flexibility index (Phi) is 6.39. The summed E-state index contributed by atoms with van der Waals surface area (Å²) in [6, 6.07) is 9.77. The van der Waals surface area contributed by atoms with Crippen LogP contribution in [-0.4, -0.2) is 19.1 Å². The Morgan fingerprint density at radius 2 is 1.90 bits per heavy atom. The van der Waals surface area contributed by atoms with Gasteiger partial charge in [0.1, 0.15) is 5.69 Å². The van der Waals surface area contributed by atoms with Crippen molar-refractivity contribution in [3.05, 3.63) is 57.6 Å². The van der Waals surface area contributed by atoms with E-state index in [0.717, 1.165) is 37.5 Å². The molecule has 1 atom stereocenters. The van der Waals surface area contributed by atoms with Crippen LogP contribution in [0, 0.1) is 16.0 Å². The Labute approximate surface area is 174 Å². The molecule has 0 aromatic heterocycles. The van der Waals surface area contributed by atoms with Crippen LogP contribution in [0.5, 0.6) is 0 Å². The molecule has 154 valence electrons. The molecule has 3 rings (SSSR count). The molecule has 0 radical (unpaired) electrons. The number of nitrogens with zero attached hydrogens (tertiary/aromatic N) is 2. The number of nitro groups is 1. The average molecular weight is 437 g/mol. The van der Waals surface area contributed by atoms with Crippen LogP contribution >= 0.6 is 11.6 Å². The Balaban J connectivity index is 1.86. The SMILES string of the molecule is CC1CCCC/C1=N\Nc1ccc(S(=O)(=O)Nc2ccc(Cl)cc2)cc1[N+](=O)[O-]. The standard InChI is InChI=1S/C19H21ClN4O4S/c1-13-4-2-3-5-17(13)21-22-18-11-10-16(12-19(18)24(25)26)29(27,28)23-15-8-6-14(20)7-9-15/h6-13,22-23H,2-5H2,1H3/b21-17+. The van der Waals surface area contributed by atoms with Crippen molar-refractivity contribution in [3.63, 3.8) is 0 Å². The van der Waals surface area contributed by atoms with E-state index >= 15 is 0 Å². The minimum atomic E-state index is -4.00. The highest BCUT2D eigenvalue weighted by atomic mass is 35.5. The third kappa shape index (κ3) is 5.24. The smallest absolute Gasteiger partial charge is 0.280 e. The molecule has 0 bridgehead atoms. The molecule has 1 aliphatic rings. The van der Waals surface area contributed by atoms with Crippen molar-refractivity contribution in [1.82, 2.24) is 0 Å². The van der Waals surface area contributed by atoms with Crippen molar-refractivity contribution < 1.29 is 13.3 Å². The number of halogens is 1. The Hall–Kier alpha value is -2.65. The normalized spacial score (nSPS) is 18.4. The fraction of sp³-hybridized carbons (Fsp3) is 0.316. The maximum absolute atomic E-state index is 12.6. The predicted molar refractivity (Wildman–Crippen MR) is 114 cm³/mol. The summed E-state index contributed by atoms with van der Waals surface area (Å²) in [6.07, 6.45) is 4.07.